The number of rotatable bonds is 26. The van der Waals surface area contributed by atoms with Gasteiger partial charge in [-0.25, -0.2) is 0 Å². The van der Waals surface area contributed by atoms with Crippen molar-refractivity contribution in [3.8, 4) is 0 Å². The van der Waals surface area contributed by atoms with Gasteiger partial charge < -0.3 is 10.4 Å². The summed E-state index contributed by atoms with van der Waals surface area (Å²) in [4.78, 5) is 12.3. The molecule has 7 heteroatoms. The van der Waals surface area contributed by atoms with E-state index in [4.69, 9.17) is 0 Å². The van der Waals surface area contributed by atoms with Crippen molar-refractivity contribution in [2.45, 2.75) is 148 Å². The number of allylic oxidation sites excluding steroid dienone is 5. The van der Waals surface area contributed by atoms with Crippen LogP contribution in [0.4, 0.5) is 0 Å². The van der Waals surface area contributed by atoms with Crippen molar-refractivity contribution in [1.82, 2.24) is 5.32 Å². The van der Waals surface area contributed by atoms with E-state index in [-0.39, 0.29) is 12.3 Å². The minimum absolute atomic E-state index is 0.285. The van der Waals surface area contributed by atoms with E-state index in [2.05, 4.69) is 43.5 Å². The molecule has 0 aromatic rings. The van der Waals surface area contributed by atoms with Crippen molar-refractivity contribution in [3.05, 3.63) is 36.5 Å². The number of carbonyl (C=O) groups is 1. The smallest absolute Gasteiger partial charge is 0.267 e. The Morgan fingerprint density at radius 1 is 0.711 bits per heavy atom. The van der Waals surface area contributed by atoms with Crippen LogP contribution in [-0.4, -0.2) is 41.9 Å². The quantitative estimate of drug-likeness (QED) is 0.0573. The fourth-order valence-electron chi connectivity index (χ4n) is 4.24. The van der Waals surface area contributed by atoms with E-state index >= 15 is 0 Å². The lowest BCUT2D eigenvalue weighted by Crippen LogP contribution is -2.46. The van der Waals surface area contributed by atoms with Crippen LogP contribution in [0.5, 0.6) is 0 Å². The molecule has 0 saturated carbocycles. The van der Waals surface area contributed by atoms with Gasteiger partial charge in [0.2, 0.25) is 5.91 Å². The van der Waals surface area contributed by atoms with Crippen LogP contribution in [-0.2, 0) is 14.9 Å². The fraction of sp³-hybridized carbons (Fsp3) is 0.774. The molecule has 0 bridgehead atoms. The Morgan fingerprint density at radius 2 is 1.18 bits per heavy atom. The second kappa shape index (κ2) is 25.8. The highest BCUT2D eigenvalue weighted by atomic mass is 32.2. The summed E-state index contributed by atoms with van der Waals surface area (Å²) in [5.74, 6) is -0.998. The number of aliphatic hydroxyl groups excluding tert-OH is 1. The van der Waals surface area contributed by atoms with Crippen molar-refractivity contribution < 1.29 is 22.9 Å². The second-order valence-electron chi connectivity index (χ2n) is 10.4. The van der Waals surface area contributed by atoms with E-state index in [1.807, 2.05) is 6.08 Å². The number of hydrogen-bond donors (Lipinski definition) is 3. The molecule has 0 aromatic carbocycles. The third-order valence-corrected chi connectivity index (χ3v) is 7.34. The van der Waals surface area contributed by atoms with Crippen LogP contribution >= 0.6 is 0 Å². The molecule has 0 aliphatic carbocycles. The lowest BCUT2D eigenvalue weighted by molar-refractivity contribution is -0.122. The Morgan fingerprint density at radius 3 is 1.76 bits per heavy atom. The normalized spacial score (nSPS) is 14.1. The Bertz CT molecular complexity index is 745. The van der Waals surface area contributed by atoms with Crippen LogP contribution in [0.25, 0.3) is 0 Å². The van der Waals surface area contributed by atoms with Gasteiger partial charge in [-0.2, -0.15) is 8.42 Å². The molecule has 1 amide bonds. The molecule has 2 unspecified atom stereocenters. The summed E-state index contributed by atoms with van der Waals surface area (Å²) in [5, 5.41) is 13.0. The molecule has 0 heterocycles. The summed E-state index contributed by atoms with van der Waals surface area (Å²) in [7, 11) is -4.33. The zero-order valence-corrected chi connectivity index (χ0v) is 25.1. The molecule has 0 rings (SSSR count). The van der Waals surface area contributed by atoms with E-state index in [0.717, 1.165) is 70.6 Å². The Labute approximate surface area is 234 Å². The highest BCUT2D eigenvalue weighted by Crippen LogP contribution is 2.11. The van der Waals surface area contributed by atoms with Crippen LogP contribution in [0, 0.1) is 0 Å². The number of carbonyl (C=O) groups excluding carboxylic acids is 1. The monoisotopic (exact) mass is 555 g/mol. The number of aliphatic hydroxyl groups is 1. The van der Waals surface area contributed by atoms with E-state index in [1.165, 1.54) is 51.0 Å². The molecule has 0 fully saturated rings. The number of hydrogen-bond acceptors (Lipinski definition) is 4. The highest BCUT2D eigenvalue weighted by Gasteiger charge is 2.24. The van der Waals surface area contributed by atoms with Crippen LogP contribution in [0.15, 0.2) is 36.5 Å². The number of nitrogens with one attached hydrogen (secondary N) is 1. The molecule has 0 aromatic heterocycles. The van der Waals surface area contributed by atoms with Crippen molar-refractivity contribution in [3.63, 3.8) is 0 Å². The standard InChI is InChI=1S/C31H57NO5S/c1-3-5-7-9-11-12-13-14-15-16-17-18-19-20-21-23-25-27-31(34)32-29(28-38(35,36)37)30(33)26-24-22-10-8-6-4-2/h11-12,14-15,24,26,29-30,33H,3-10,13,16-23,25,27-28H2,1-2H3,(H,32,34)(H,35,36,37)/b12-11-,15-14-,26-24+. The first kappa shape index (κ1) is 36.6. The van der Waals surface area contributed by atoms with Crippen LogP contribution < -0.4 is 5.32 Å². The summed E-state index contributed by atoms with van der Waals surface area (Å²) in [6.07, 6.45) is 31.5. The average molecular weight is 556 g/mol. The lowest BCUT2D eigenvalue weighted by atomic mass is 10.1. The number of amides is 1. The lowest BCUT2D eigenvalue weighted by Gasteiger charge is -2.21. The third-order valence-electron chi connectivity index (χ3n) is 6.56. The zero-order valence-electron chi connectivity index (χ0n) is 24.3. The van der Waals surface area contributed by atoms with Crippen LogP contribution in [0.1, 0.15) is 136 Å². The highest BCUT2D eigenvalue weighted by molar-refractivity contribution is 7.85. The van der Waals surface area contributed by atoms with E-state index in [1.54, 1.807) is 0 Å². The predicted octanol–water partition coefficient (Wildman–Crippen LogP) is 7.84. The molecule has 38 heavy (non-hydrogen) atoms. The van der Waals surface area contributed by atoms with Crippen LogP contribution in [0.3, 0.4) is 0 Å². The van der Waals surface area contributed by atoms with Gasteiger partial charge in [-0.15, -0.1) is 0 Å². The van der Waals surface area contributed by atoms with Gasteiger partial charge in [0.25, 0.3) is 10.1 Å². The molecule has 0 saturated heterocycles. The van der Waals surface area contributed by atoms with Gasteiger partial charge in [0.1, 0.15) is 0 Å². The fourth-order valence-corrected chi connectivity index (χ4v) is 4.98. The SMILES string of the molecule is CCCCC/C=C\C/C=C\CCCCCCCCCC(=O)NC(CS(=O)(=O)O)C(O)/C=C/CCCCCC. The molecule has 2 atom stereocenters. The van der Waals surface area contributed by atoms with Crippen molar-refractivity contribution in [2.75, 3.05) is 5.75 Å². The first-order valence-corrected chi connectivity index (χ1v) is 16.8. The molecule has 6 nitrogen and oxygen atoms in total. The van der Waals surface area contributed by atoms with E-state index in [0.29, 0.717) is 0 Å². The molecular weight excluding hydrogens is 498 g/mol. The topological polar surface area (TPSA) is 104 Å². The molecule has 0 spiro atoms. The van der Waals surface area contributed by atoms with Gasteiger partial charge in [0.05, 0.1) is 17.9 Å². The minimum atomic E-state index is -4.33. The van der Waals surface area contributed by atoms with Gasteiger partial charge in [0.15, 0.2) is 0 Å². The third kappa shape index (κ3) is 26.2. The maximum Gasteiger partial charge on any atom is 0.267 e. The van der Waals surface area contributed by atoms with Gasteiger partial charge in [0, 0.05) is 6.42 Å². The first-order chi connectivity index (χ1) is 18.3. The molecule has 0 aliphatic heterocycles. The predicted molar refractivity (Wildman–Crippen MR) is 161 cm³/mol. The van der Waals surface area contributed by atoms with E-state index < -0.39 is 28.0 Å². The molecular formula is C31H57NO5S. The Kier molecular flexibility index (Phi) is 24.8. The summed E-state index contributed by atoms with van der Waals surface area (Å²) in [6, 6.07) is -1.06. The van der Waals surface area contributed by atoms with Crippen molar-refractivity contribution in [2.24, 2.45) is 0 Å². The molecule has 222 valence electrons. The average Bonchev–Trinajstić information content (AvgIpc) is 2.86. The van der Waals surface area contributed by atoms with Gasteiger partial charge in [-0.05, 0) is 51.4 Å². The second-order valence-corrected chi connectivity index (χ2v) is 11.9. The molecule has 0 aliphatic rings. The summed E-state index contributed by atoms with van der Waals surface area (Å²) in [5.41, 5.74) is 0. The van der Waals surface area contributed by atoms with Crippen molar-refractivity contribution >= 4 is 16.0 Å². The van der Waals surface area contributed by atoms with Gasteiger partial charge in [-0.1, -0.05) is 115 Å². The number of unbranched alkanes of at least 4 members (excludes halogenated alkanes) is 14. The van der Waals surface area contributed by atoms with Gasteiger partial charge >= 0.3 is 0 Å². The van der Waals surface area contributed by atoms with E-state index in [9.17, 15) is 22.9 Å². The summed E-state index contributed by atoms with van der Waals surface area (Å²) >= 11 is 0. The minimum Gasteiger partial charge on any atom is -0.387 e. The van der Waals surface area contributed by atoms with Gasteiger partial charge in [-0.3, -0.25) is 9.35 Å². The zero-order chi connectivity index (χ0) is 28.3. The first-order valence-electron chi connectivity index (χ1n) is 15.2. The maximum absolute atomic E-state index is 12.3. The largest absolute Gasteiger partial charge is 0.387 e. The maximum atomic E-state index is 12.3. The Balaban J connectivity index is 3.97. The molecule has 0 radical (unpaired) electrons. The Hall–Kier alpha value is -1.44. The van der Waals surface area contributed by atoms with Crippen molar-refractivity contribution in [1.29, 1.82) is 0 Å². The summed E-state index contributed by atoms with van der Waals surface area (Å²) < 4.78 is 32.0. The van der Waals surface area contributed by atoms with Crippen LogP contribution in [0.2, 0.25) is 0 Å². The summed E-state index contributed by atoms with van der Waals surface area (Å²) in [6.45, 7) is 4.37. The molecule has 3 N–H and O–H groups in total.